The van der Waals surface area contributed by atoms with Gasteiger partial charge in [-0.2, -0.15) is 0 Å². The van der Waals surface area contributed by atoms with E-state index in [0.29, 0.717) is 25.5 Å². The highest BCUT2D eigenvalue weighted by Gasteiger charge is 2.28. The molecule has 1 aliphatic rings. The Morgan fingerprint density at radius 2 is 1.76 bits per heavy atom. The third-order valence-electron chi connectivity index (χ3n) is 6.03. The number of benzene rings is 2. The van der Waals surface area contributed by atoms with Crippen LogP contribution >= 0.6 is 0 Å². The van der Waals surface area contributed by atoms with Crippen molar-refractivity contribution in [2.75, 3.05) is 24.5 Å². The highest BCUT2D eigenvalue weighted by Crippen LogP contribution is 2.31. The predicted octanol–water partition coefficient (Wildman–Crippen LogP) is 6.70. The lowest BCUT2D eigenvalue weighted by molar-refractivity contribution is 0.0985. The molecule has 7 heteroatoms. The molecular weight excluding hydrogens is 464 g/mol. The largest absolute Gasteiger partial charge is 0.507 e. The van der Waals surface area contributed by atoms with Crippen LogP contribution < -0.4 is 4.90 Å². The molecule has 200 valence electrons. The molecule has 0 aliphatic carbocycles. The second-order valence-corrected chi connectivity index (χ2v) is 9.17. The van der Waals surface area contributed by atoms with Crippen LogP contribution in [0.4, 0.5) is 5.69 Å². The van der Waals surface area contributed by atoms with Gasteiger partial charge >= 0.3 is 0 Å². The van der Waals surface area contributed by atoms with Crippen LogP contribution in [-0.4, -0.2) is 48.2 Å². The average molecular weight is 507 g/mol. The van der Waals surface area contributed by atoms with E-state index in [2.05, 4.69) is 37.3 Å². The van der Waals surface area contributed by atoms with Gasteiger partial charge in [0.25, 0.3) is 5.91 Å². The van der Waals surface area contributed by atoms with Gasteiger partial charge in [-0.15, -0.1) is 0 Å². The second-order valence-electron chi connectivity index (χ2n) is 9.17. The average Bonchev–Trinajstić information content (AvgIpc) is 3.02. The number of carbonyl (C=O) groups excluding carboxylic acids is 1. The molecule has 2 aromatic rings. The number of oxime groups is 1. The van der Waals surface area contributed by atoms with Crippen LogP contribution in [0, 0.1) is 6.92 Å². The van der Waals surface area contributed by atoms with Gasteiger partial charge in [0.05, 0.1) is 18.7 Å². The van der Waals surface area contributed by atoms with E-state index in [1.807, 2.05) is 49.1 Å². The summed E-state index contributed by atoms with van der Waals surface area (Å²) in [5.41, 5.74) is 3.61. The van der Waals surface area contributed by atoms with Crippen LogP contribution in [0.5, 0.6) is 5.75 Å². The predicted molar refractivity (Wildman–Crippen MR) is 154 cm³/mol. The number of nitrogens with zero attached hydrogens (tertiary/aromatic N) is 4. The Balaban J connectivity index is 0.000000717. The van der Waals surface area contributed by atoms with Gasteiger partial charge in [-0.25, -0.2) is 0 Å². The molecule has 1 amide bonds. The zero-order valence-corrected chi connectivity index (χ0v) is 22.9. The van der Waals surface area contributed by atoms with Crippen molar-refractivity contribution in [2.45, 2.75) is 66.3 Å². The molecule has 0 radical (unpaired) electrons. The summed E-state index contributed by atoms with van der Waals surface area (Å²) >= 11 is 0. The number of aryl methyl sites for hydroxylation is 1. The van der Waals surface area contributed by atoms with Crippen LogP contribution in [0.1, 0.15) is 74.4 Å². The Labute approximate surface area is 222 Å². The van der Waals surface area contributed by atoms with E-state index in [1.165, 1.54) is 25.7 Å². The summed E-state index contributed by atoms with van der Waals surface area (Å²) in [4.78, 5) is 26.8. The normalized spacial score (nSPS) is 13.3. The van der Waals surface area contributed by atoms with Crippen LogP contribution in [-0.2, 0) is 11.4 Å². The lowest BCUT2D eigenvalue weighted by Gasteiger charge is -2.26. The molecule has 0 atom stereocenters. The monoisotopic (exact) mass is 506 g/mol. The van der Waals surface area contributed by atoms with Gasteiger partial charge in [-0.05, 0) is 42.7 Å². The molecule has 0 fully saturated rings. The first kappa shape index (κ1) is 29.6. The minimum atomic E-state index is -0.281. The smallest absolute Gasteiger partial charge is 0.262 e. The molecule has 37 heavy (non-hydrogen) atoms. The van der Waals surface area contributed by atoms with E-state index in [1.54, 1.807) is 17.0 Å². The van der Waals surface area contributed by atoms with Gasteiger partial charge in [0.15, 0.2) is 0 Å². The summed E-state index contributed by atoms with van der Waals surface area (Å²) in [7, 11) is 0. The van der Waals surface area contributed by atoms with Crippen molar-refractivity contribution in [3.8, 4) is 5.75 Å². The maximum atomic E-state index is 13.4. The van der Waals surface area contributed by atoms with Crippen LogP contribution in [0.2, 0.25) is 0 Å². The zero-order valence-electron chi connectivity index (χ0n) is 22.9. The van der Waals surface area contributed by atoms with E-state index in [-0.39, 0.29) is 23.8 Å². The Hall–Kier alpha value is -3.61. The number of rotatable bonds is 9. The second kappa shape index (κ2) is 15.5. The van der Waals surface area contributed by atoms with Gasteiger partial charge in [0, 0.05) is 31.2 Å². The minimum absolute atomic E-state index is 0.0337. The fourth-order valence-electron chi connectivity index (χ4n) is 3.99. The van der Waals surface area contributed by atoms with Gasteiger partial charge in [-0.3, -0.25) is 9.79 Å². The number of hydrogen-bond donors (Lipinski definition) is 1. The van der Waals surface area contributed by atoms with Crippen LogP contribution in [0.15, 0.2) is 64.9 Å². The summed E-state index contributed by atoms with van der Waals surface area (Å²) in [5, 5.41) is 13.9. The molecule has 7 nitrogen and oxygen atoms in total. The Morgan fingerprint density at radius 3 is 2.38 bits per heavy atom. The third kappa shape index (κ3) is 8.77. The summed E-state index contributed by atoms with van der Waals surface area (Å²) in [5.74, 6) is 0.136. The van der Waals surface area contributed by atoms with E-state index < -0.39 is 0 Å². The van der Waals surface area contributed by atoms with Crippen LogP contribution in [0.3, 0.4) is 0 Å². The van der Waals surface area contributed by atoms with E-state index in [4.69, 9.17) is 4.84 Å². The van der Waals surface area contributed by atoms with Gasteiger partial charge in [0.2, 0.25) is 5.90 Å². The summed E-state index contributed by atoms with van der Waals surface area (Å²) in [6, 6.07) is 12.8. The zero-order chi connectivity index (χ0) is 27.2. The van der Waals surface area contributed by atoms with E-state index in [0.717, 1.165) is 28.9 Å². The van der Waals surface area contributed by atoms with Crippen molar-refractivity contribution in [1.29, 1.82) is 0 Å². The number of amides is 1. The summed E-state index contributed by atoms with van der Waals surface area (Å²) in [6.07, 6.45) is 6.42. The van der Waals surface area contributed by atoms with Crippen molar-refractivity contribution in [3.05, 3.63) is 71.4 Å². The molecule has 1 heterocycles. The quantitative estimate of drug-likeness (QED) is 0.178. The highest BCUT2D eigenvalue weighted by atomic mass is 16.6. The van der Waals surface area contributed by atoms with Crippen molar-refractivity contribution < 1.29 is 14.7 Å². The number of anilines is 1. The highest BCUT2D eigenvalue weighted by molar-refractivity contribution is 6.08. The van der Waals surface area contributed by atoms with Gasteiger partial charge < -0.3 is 19.7 Å². The number of aliphatic imine (C=N–C) groups is 1. The molecule has 0 bridgehead atoms. The number of para-hydroxylation sites is 1. The first-order chi connectivity index (χ1) is 17.9. The van der Waals surface area contributed by atoms with E-state index in [9.17, 15) is 9.90 Å². The van der Waals surface area contributed by atoms with E-state index >= 15 is 0 Å². The first-order valence-electron chi connectivity index (χ1n) is 13.1. The fraction of sp³-hybridized carbons (Fsp3) is 0.433. The molecule has 0 unspecified atom stereocenters. The molecular formula is C30H42N4O3. The Bertz CT molecular complexity index is 1080. The van der Waals surface area contributed by atoms with Crippen molar-refractivity contribution in [1.82, 2.24) is 4.90 Å². The number of hydrogen-bond acceptors (Lipinski definition) is 6. The maximum absolute atomic E-state index is 13.4. The summed E-state index contributed by atoms with van der Waals surface area (Å²) in [6.45, 7) is 17.8. The van der Waals surface area contributed by atoms with Crippen molar-refractivity contribution in [3.63, 3.8) is 0 Å². The summed E-state index contributed by atoms with van der Waals surface area (Å²) < 4.78 is 0. The Kier molecular flexibility index (Phi) is 12.4. The lowest BCUT2D eigenvalue weighted by Crippen LogP contribution is -2.36. The number of carbonyl (C=O) groups is 1. The number of unbranched alkanes of at least 4 members (excludes halogenated alkanes) is 3. The molecule has 3 rings (SSSR count). The number of phenolic OH excluding ortho intramolecular Hbond substituents is 1. The minimum Gasteiger partial charge on any atom is -0.507 e. The third-order valence-corrected chi connectivity index (χ3v) is 6.03. The molecule has 0 saturated carbocycles. The van der Waals surface area contributed by atoms with Crippen molar-refractivity contribution in [2.24, 2.45) is 10.1 Å². The molecule has 0 saturated heterocycles. The number of aromatic hydroxyl groups is 1. The SMILES string of the molecule is C=NOC(CN1Cc2ccccc2N(C(=O)c2ccc(C)cc2O)CC1=C)=NCCC.CCCCCC. The topological polar surface area (TPSA) is 77.7 Å². The molecule has 1 aliphatic heterocycles. The standard InChI is InChI=1S/C24H28N4O3.C6H14/c1-5-12-26-23(31-25-4)16-27-15-19-8-6-7-9-21(19)28(14-18(27)3)24(30)20-11-10-17(2)13-22(20)29;1-3-5-6-4-2/h6-11,13,29H,3-5,12,14-16H2,1-2H3;3-6H2,1-2H3. The first-order valence-corrected chi connectivity index (χ1v) is 13.1. The maximum Gasteiger partial charge on any atom is 0.262 e. The molecule has 0 aromatic heterocycles. The van der Waals surface area contributed by atoms with Crippen molar-refractivity contribution >= 4 is 24.2 Å². The number of phenols is 1. The van der Waals surface area contributed by atoms with Crippen LogP contribution in [0.25, 0.3) is 0 Å². The molecule has 0 spiro atoms. The van der Waals surface area contributed by atoms with Gasteiger partial charge in [-0.1, -0.05) is 82.5 Å². The van der Waals surface area contributed by atoms with Gasteiger partial charge in [0.1, 0.15) is 5.75 Å². The lowest BCUT2D eigenvalue weighted by atomic mass is 10.1. The fourth-order valence-corrected chi connectivity index (χ4v) is 3.99. The molecule has 1 N–H and O–H groups in total. The molecule has 2 aromatic carbocycles. The number of fused-ring (bicyclic) bond motifs is 1. The Morgan fingerprint density at radius 1 is 1.05 bits per heavy atom.